The van der Waals surface area contributed by atoms with Gasteiger partial charge < -0.3 is 5.32 Å². The molecule has 0 radical (unpaired) electrons. The summed E-state index contributed by atoms with van der Waals surface area (Å²) in [5, 5.41) is 2.97. The summed E-state index contributed by atoms with van der Waals surface area (Å²) in [6.07, 6.45) is 0.909. The zero-order valence-corrected chi connectivity index (χ0v) is 7.69. The summed E-state index contributed by atoms with van der Waals surface area (Å²) in [4.78, 5) is 0. The first-order valence-electron chi connectivity index (χ1n) is 3.67. The number of rotatable bonds is 1. The topological polar surface area (TPSA) is 49.4 Å². The van der Waals surface area contributed by atoms with E-state index in [1.807, 2.05) is 0 Å². The molecule has 0 bridgehead atoms. The summed E-state index contributed by atoms with van der Waals surface area (Å²) >= 11 is 0. The highest BCUT2D eigenvalue weighted by molar-refractivity contribution is 7.89. The van der Waals surface area contributed by atoms with Crippen molar-refractivity contribution in [3.63, 3.8) is 0 Å². The van der Waals surface area contributed by atoms with Gasteiger partial charge in [-0.3, -0.25) is 0 Å². The maximum atomic E-state index is 11.2. The van der Waals surface area contributed by atoms with Crippen LogP contribution in [0.3, 0.4) is 0 Å². The molecule has 11 heavy (non-hydrogen) atoms. The van der Waals surface area contributed by atoms with E-state index in [1.165, 1.54) is 4.31 Å². The molecule has 66 valence electrons. The van der Waals surface area contributed by atoms with Crippen LogP contribution >= 0.6 is 0 Å². The van der Waals surface area contributed by atoms with Gasteiger partial charge in [0.05, 0.1) is 5.75 Å². The van der Waals surface area contributed by atoms with E-state index in [1.54, 1.807) is 14.1 Å². The molecule has 1 N–H and O–H groups in total. The minimum atomic E-state index is -2.95. The van der Waals surface area contributed by atoms with E-state index < -0.39 is 10.0 Å². The van der Waals surface area contributed by atoms with Gasteiger partial charge in [0.25, 0.3) is 0 Å². The average Bonchev–Trinajstić information content (AvgIpc) is 1.95. The lowest BCUT2D eigenvalue weighted by atomic mass is 10.2. The van der Waals surface area contributed by atoms with E-state index in [0.717, 1.165) is 6.42 Å². The van der Waals surface area contributed by atoms with Crippen molar-refractivity contribution in [3.05, 3.63) is 0 Å². The van der Waals surface area contributed by atoms with Gasteiger partial charge in [0, 0.05) is 19.6 Å². The maximum absolute atomic E-state index is 11.2. The predicted octanol–water partition coefficient (Wildman–Crippen LogP) is -0.760. The fourth-order valence-electron chi connectivity index (χ4n) is 1.17. The molecule has 0 aromatic rings. The summed E-state index contributed by atoms with van der Waals surface area (Å²) in [7, 11) is 0.471. The fourth-order valence-corrected chi connectivity index (χ4v) is 2.65. The SMILES string of the molecule is CNC1CCN(C)S(=O)(=O)C1. The van der Waals surface area contributed by atoms with Gasteiger partial charge >= 0.3 is 0 Å². The molecule has 0 aromatic carbocycles. The normalized spacial score (nSPS) is 32.0. The molecule has 0 aliphatic carbocycles. The van der Waals surface area contributed by atoms with Crippen LogP contribution in [0, 0.1) is 0 Å². The molecule has 1 saturated heterocycles. The van der Waals surface area contributed by atoms with Crippen LogP contribution in [0.1, 0.15) is 6.42 Å². The molecule has 1 aliphatic heterocycles. The quantitative estimate of drug-likeness (QED) is 0.574. The molecule has 1 rings (SSSR count). The largest absolute Gasteiger partial charge is 0.316 e. The lowest BCUT2D eigenvalue weighted by Gasteiger charge is -2.28. The second-order valence-corrected chi connectivity index (χ2v) is 4.99. The van der Waals surface area contributed by atoms with Gasteiger partial charge in [-0.05, 0) is 13.5 Å². The number of nitrogens with one attached hydrogen (secondary N) is 1. The Bertz CT molecular complexity index is 225. The van der Waals surface area contributed by atoms with Crippen molar-refractivity contribution in [3.8, 4) is 0 Å². The van der Waals surface area contributed by atoms with Gasteiger partial charge in [-0.25, -0.2) is 12.7 Å². The molecular weight excluding hydrogens is 164 g/mol. The standard InChI is InChI=1S/C6H14N2O2S/c1-7-6-3-4-8(2)11(9,10)5-6/h6-7H,3-5H2,1-2H3. The Morgan fingerprint density at radius 1 is 1.55 bits per heavy atom. The number of hydrogen-bond donors (Lipinski definition) is 1. The van der Waals surface area contributed by atoms with Crippen LogP contribution in [0.2, 0.25) is 0 Å². The molecule has 0 saturated carbocycles. The Morgan fingerprint density at radius 3 is 2.64 bits per heavy atom. The van der Waals surface area contributed by atoms with Crippen molar-refractivity contribution in [2.24, 2.45) is 0 Å². The van der Waals surface area contributed by atoms with Crippen molar-refractivity contribution in [2.45, 2.75) is 12.5 Å². The molecule has 1 aliphatic rings. The Kier molecular flexibility index (Phi) is 2.51. The lowest BCUT2D eigenvalue weighted by molar-refractivity contribution is 0.394. The Hall–Kier alpha value is -0.130. The molecule has 1 fully saturated rings. The second-order valence-electron chi connectivity index (χ2n) is 2.87. The molecular formula is C6H14N2O2S. The van der Waals surface area contributed by atoms with Crippen molar-refractivity contribution >= 4 is 10.0 Å². The van der Waals surface area contributed by atoms with Crippen LogP contribution in [-0.4, -0.2) is 45.2 Å². The van der Waals surface area contributed by atoms with Crippen molar-refractivity contribution in [2.75, 3.05) is 26.4 Å². The van der Waals surface area contributed by atoms with Gasteiger partial charge in [-0.15, -0.1) is 0 Å². The third-order valence-corrected chi connectivity index (χ3v) is 4.04. The van der Waals surface area contributed by atoms with Crippen molar-refractivity contribution in [1.29, 1.82) is 0 Å². The van der Waals surface area contributed by atoms with Gasteiger partial charge in [-0.2, -0.15) is 0 Å². The van der Waals surface area contributed by atoms with Gasteiger partial charge in [0.15, 0.2) is 0 Å². The number of sulfonamides is 1. The van der Waals surface area contributed by atoms with Crippen molar-refractivity contribution in [1.82, 2.24) is 9.62 Å². The molecule has 0 aromatic heterocycles. The Morgan fingerprint density at radius 2 is 2.18 bits per heavy atom. The first kappa shape index (κ1) is 8.96. The van der Waals surface area contributed by atoms with Crippen LogP contribution < -0.4 is 5.32 Å². The molecule has 0 amide bonds. The van der Waals surface area contributed by atoms with Crippen LogP contribution in [0.5, 0.6) is 0 Å². The van der Waals surface area contributed by atoms with Crippen LogP contribution in [0.15, 0.2) is 0 Å². The zero-order valence-electron chi connectivity index (χ0n) is 6.87. The Labute approximate surface area is 67.6 Å². The first-order chi connectivity index (χ1) is 5.06. The molecule has 1 unspecified atom stereocenters. The minimum Gasteiger partial charge on any atom is -0.316 e. The van der Waals surface area contributed by atoms with Gasteiger partial charge in [0.2, 0.25) is 10.0 Å². The summed E-state index contributed by atoms with van der Waals surface area (Å²) < 4.78 is 23.9. The number of hydrogen-bond acceptors (Lipinski definition) is 3. The first-order valence-corrected chi connectivity index (χ1v) is 5.28. The second kappa shape index (κ2) is 3.08. The fraction of sp³-hybridized carbons (Fsp3) is 1.00. The monoisotopic (exact) mass is 178 g/mol. The zero-order chi connectivity index (χ0) is 8.48. The smallest absolute Gasteiger partial charge is 0.215 e. The van der Waals surface area contributed by atoms with E-state index in [-0.39, 0.29) is 11.8 Å². The summed E-state index contributed by atoms with van der Waals surface area (Å²) in [6, 6.07) is 0.135. The highest BCUT2D eigenvalue weighted by Gasteiger charge is 2.27. The highest BCUT2D eigenvalue weighted by atomic mass is 32.2. The van der Waals surface area contributed by atoms with Gasteiger partial charge in [-0.1, -0.05) is 0 Å². The van der Waals surface area contributed by atoms with Crippen LogP contribution in [0.25, 0.3) is 0 Å². The average molecular weight is 178 g/mol. The van der Waals surface area contributed by atoms with E-state index in [0.29, 0.717) is 6.54 Å². The maximum Gasteiger partial charge on any atom is 0.215 e. The van der Waals surface area contributed by atoms with E-state index in [2.05, 4.69) is 5.32 Å². The van der Waals surface area contributed by atoms with Crippen molar-refractivity contribution < 1.29 is 8.42 Å². The minimum absolute atomic E-state index is 0.135. The van der Waals surface area contributed by atoms with Gasteiger partial charge in [0.1, 0.15) is 0 Å². The number of nitrogens with zero attached hydrogens (tertiary/aromatic N) is 1. The van der Waals surface area contributed by atoms with E-state index in [9.17, 15) is 8.42 Å². The van der Waals surface area contributed by atoms with Crippen LogP contribution in [0.4, 0.5) is 0 Å². The third kappa shape index (κ3) is 1.91. The molecule has 4 nitrogen and oxygen atoms in total. The Balaban J connectivity index is 2.67. The molecule has 5 heteroatoms. The molecule has 1 atom stereocenters. The predicted molar refractivity (Wildman–Crippen MR) is 43.9 cm³/mol. The third-order valence-electron chi connectivity index (χ3n) is 2.09. The highest BCUT2D eigenvalue weighted by Crippen LogP contribution is 2.10. The summed E-state index contributed by atoms with van der Waals surface area (Å²) in [5.74, 6) is 0.236. The lowest BCUT2D eigenvalue weighted by Crippen LogP contribution is -2.46. The molecule has 1 heterocycles. The van der Waals surface area contributed by atoms with E-state index in [4.69, 9.17) is 0 Å². The molecule has 0 spiro atoms. The van der Waals surface area contributed by atoms with E-state index >= 15 is 0 Å². The summed E-state index contributed by atoms with van der Waals surface area (Å²) in [6.45, 7) is 0.633. The van der Waals surface area contributed by atoms with Crippen LogP contribution in [-0.2, 0) is 10.0 Å². The summed E-state index contributed by atoms with van der Waals surface area (Å²) in [5.41, 5.74) is 0.